The molecule has 1 unspecified atom stereocenters. The van der Waals surface area contributed by atoms with E-state index in [0.29, 0.717) is 16.6 Å². The normalized spacial score (nSPS) is 13.2. The van der Waals surface area contributed by atoms with Gasteiger partial charge in [-0.25, -0.2) is 15.0 Å². The Morgan fingerprint density at radius 1 is 1.33 bits per heavy atom. The topological polar surface area (TPSA) is 67.8 Å². The lowest BCUT2D eigenvalue weighted by Gasteiger charge is -2.14. The van der Waals surface area contributed by atoms with Gasteiger partial charge >= 0.3 is 6.18 Å². The highest BCUT2D eigenvalue weighted by Crippen LogP contribution is 2.32. The van der Waals surface area contributed by atoms with Crippen LogP contribution in [0.4, 0.5) is 13.2 Å². The highest BCUT2D eigenvalue weighted by atomic mass is 32.1. The maximum absolute atomic E-state index is 12.7. The molecule has 5 nitrogen and oxygen atoms in total. The predicted octanol–water partition coefficient (Wildman–Crippen LogP) is 4.05. The molecule has 0 aliphatic rings. The minimum absolute atomic E-state index is 0.201. The van der Waals surface area contributed by atoms with E-state index in [0.717, 1.165) is 16.7 Å². The average molecular weight is 372 g/mol. The first-order chi connectivity index (χ1) is 11.4. The maximum atomic E-state index is 12.7. The van der Waals surface area contributed by atoms with Crippen LogP contribution in [0.5, 0.6) is 0 Å². The molecule has 126 valence electrons. The molecule has 0 aromatic carbocycles. The van der Waals surface area contributed by atoms with Crippen molar-refractivity contribution >= 4 is 38.8 Å². The molecule has 0 saturated carbocycles. The molecule has 3 aromatic rings. The number of nitrogens with zero attached hydrogens (tertiary/aromatic N) is 3. The minimum Gasteiger partial charge on any atom is -0.341 e. The fourth-order valence-electron chi connectivity index (χ4n) is 2.11. The van der Waals surface area contributed by atoms with E-state index in [1.807, 2.05) is 0 Å². The second kappa shape index (κ2) is 6.44. The number of hydrogen-bond donors (Lipinski definition) is 1. The Kier molecular flexibility index (Phi) is 4.50. The molecule has 24 heavy (non-hydrogen) atoms. The molecule has 1 atom stereocenters. The Balaban J connectivity index is 1.84. The summed E-state index contributed by atoms with van der Waals surface area (Å²) in [6.45, 7) is 1.76. The summed E-state index contributed by atoms with van der Waals surface area (Å²) in [6.07, 6.45) is -2.79. The van der Waals surface area contributed by atoms with Crippen molar-refractivity contribution in [3.05, 3.63) is 39.5 Å². The summed E-state index contributed by atoms with van der Waals surface area (Å²) < 4.78 is 38.0. The number of rotatable bonds is 4. The summed E-state index contributed by atoms with van der Waals surface area (Å²) in [5, 5.41) is 6.28. The van der Waals surface area contributed by atoms with Crippen LogP contribution in [-0.2, 0) is 6.18 Å². The van der Waals surface area contributed by atoms with Crippen LogP contribution >= 0.6 is 22.7 Å². The van der Waals surface area contributed by atoms with Gasteiger partial charge in [0.1, 0.15) is 21.9 Å². The van der Waals surface area contributed by atoms with E-state index in [9.17, 15) is 18.0 Å². The number of hydrogen-bond acceptors (Lipinski definition) is 6. The SMILES string of the molecule is CCC(NC(=O)c1ncnc2sccc12)c1nc(C(F)(F)F)cs1. The molecular formula is C14H11F3N4OS2. The number of nitrogens with one attached hydrogen (secondary N) is 1. The molecule has 0 saturated heterocycles. The second-order valence-corrected chi connectivity index (χ2v) is 6.65. The zero-order chi connectivity index (χ0) is 17.3. The van der Waals surface area contributed by atoms with Crippen molar-refractivity contribution in [1.82, 2.24) is 20.3 Å². The van der Waals surface area contributed by atoms with Crippen molar-refractivity contribution in [3.8, 4) is 0 Å². The lowest BCUT2D eigenvalue weighted by Crippen LogP contribution is -2.29. The summed E-state index contributed by atoms with van der Waals surface area (Å²) in [6, 6.07) is 1.13. The zero-order valence-corrected chi connectivity index (χ0v) is 13.9. The number of carbonyl (C=O) groups excluding carboxylic acids is 1. The van der Waals surface area contributed by atoms with Gasteiger partial charge in [0.15, 0.2) is 5.69 Å². The monoisotopic (exact) mass is 372 g/mol. The number of halogens is 3. The molecule has 0 fully saturated rings. The van der Waals surface area contributed by atoms with Crippen LogP contribution in [0.2, 0.25) is 0 Å². The number of aromatic nitrogens is 3. The Bertz CT molecular complexity index is 874. The van der Waals surface area contributed by atoms with Gasteiger partial charge in [0.05, 0.1) is 6.04 Å². The van der Waals surface area contributed by atoms with Gasteiger partial charge in [-0.15, -0.1) is 22.7 Å². The molecule has 0 bridgehead atoms. The average Bonchev–Trinajstić information content (AvgIpc) is 3.20. The third-order valence-electron chi connectivity index (χ3n) is 3.30. The summed E-state index contributed by atoms with van der Waals surface area (Å²) in [4.78, 5) is 24.8. The van der Waals surface area contributed by atoms with Crippen LogP contribution in [0.3, 0.4) is 0 Å². The summed E-state index contributed by atoms with van der Waals surface area (Å²) in [7, 11) is 0. The first-order valence-electron chi connectivity index (χ1n) is 6.91. The van der Waals surface area contributed by atoms with Crippen LogP contribution in [0.15, 0.2) is 23.2 Å². The second-order valence-electron chi connectivity index (χ2n) is 4.86. The van der Waals surface area contributed by atoms with Crippen LogP contribution in [-0.4, -0.2) is 20.9 Å². The van der Waals surface area contributed by atoms with Gasteiger partial charge in [-0.3, -0.25) is 4.79 Å². The van der Waals surface area contributed by atoms with Crippen molar-refractivity contribution in [2.24, 2.45) is 0 Å². The number of thiazole rings is 1. The lowest BCUT2D eigenvalue weighted by atomic mass is 10.2. The van der Waals surface area contributed by atoms with Crippen molar-refractivity contribution in [2.75, 3.05) is 0 Å². The third-order valence-corrected chi connectivity index (χ3v) is 5.08. The molecule has 0 aliphatic carbocycles. The van der Waals surface area contributed by atoms with Crippen molar-refractivity contribution < 1.29 is 18.0 Å². The van der Waals surface area contributed by atoms with E-state index in [1.54, 1.807) is 18.4 Å². The van der Waals surface area contributed by atoms with E-state index in [2.05, 4.69) is 20.3 Å². The van der Waals surface area contributed by atoms with Gasteiger partial charge < -0.3 is 5.32 Å². The van der Waals surface area contributed by atoms with Crippen LogP contribution in [0, 0.1) is 0 Å². The first kappa shape index (κ1) is 16.8. The van der Waals surface area contributed by atoms with Crippen molar-refractivity contribution in [2.45, 2.75) is 25.6 Å². The predicted molar refractivity (Wildman–Crippen MR) is 85.0 cm³/mol. The highest BCUT2D eigenvalue weighted by molar-refractivity contribution is 7.16. The van der Waals surface area contributed by atoms with Crippen LogP contribution in [0.25, 0.3) is 10.2 Å². The van der Waals surface area contributed by atoms with Gasteiger partial charge in [0, 0.05) is 10.8 Å². The van der Waals surface area contributed by atoms with E-state index >= 15 is 0 Å². The molecule has 1 amide bonds. The van der Waals surface area contributed by atoms with E-state index in [1.165, 1.54) is 17.7 Å². The number of amides is 1. The quantitative estimate of drug-likeness (QED) is 0.750. The molecule has 0 spiro atoms. The molecule has 10 heteroatoms. The van der Waals surface area contributed by atoms with Gasteiger partial charge in [-0.1, -0.05) is 6.92 Å². The lowest BCUT2D eigenvalue weighted by molar-refractivity contribution is -0.140. The number of carbonyl (C=O) groups is 1. The first-order valence-corrected chi connectivity index (χ1v) is 8.67. The van der Waals surface area contributed by atoms with Crippen molar-refractivity contribution in [3.63, 3.8) is 0 Å². The van der Waals surface area contributed by atoms with Gasteiger partial charge in [0.25, 0.3) is 5.91 Å². The summed E-state index contributed by atoms with van der Waals surface area (Å²) in [5.41, 5.74) is -0.746. The number of fused-ring (bicyclic) bond motifs is 1. The Hall–Kier alpha value is -2.07. The van der Waals surface area contributed by atoms with Gasteiger partial charge in [-0.2, -0.15) is 13.2 Å². The zero-order valence-electron chi connectivity index (χ0n) is 12.3. The fraction of sp³-hybridized carbons (Fsp3) is 0.286. The van der Waals surface area contributed by atoms with Crippen LogP contribution < -0.4 is 5.32 Å². The number of thiophene rings is 1. The van der Waals surface area contributed by atoms with Gasteiger partial charge in [0.2, 0.25) is 0 Å². The van der Waals surface area contributed by atoms with E-state index in [4.69, 9.17) is 0 Å². The number of alkyl halides is 3. The van der Waals surface area contributed by atoms with Gasteiger partial charge in [-0.05, 0) is 17.9 Å². The fourth-order valence-corrected chi connectivity index (χ4v) is 3.81. The molecule has 1 N–H and O–H groups in total. The van der Waals surface area contributed by atoms with Crippen molar-refractivity contribution in [1.29, 1.82) is 0 Å². The standard InChI is InChI=1S/C14H11F3N4OS2/c1-2-8(13-21-9(5-24-13)14(15,16)17)20-11(22)10-7-3-4-23-12(7)19-6-18-10/h3-6,8H,2H2,1H3,(H,20,22). The molecular weight excluding hydrogens is 361 g/mol. The molecule has 3 rings (SSSR count). The molecule has 3 aromatic heterocycles. The molecule has 0 aliphatic heterocycles. The van der Waals surface area contributed by atoms with Crippen LogP contribution in [0.1, 0.15) is 40.6 Å². The van der Waals surface area contributed by atoms with E-state index < -0.39 is 23.8 Å². The van der Waals surface area contributed by atoms with E-state index in [-0.39, 0.29) is 10.7 Å². The summed E-state index contributed by atoms with van der Waals surface area (Å²) in [5.74, 6) is -0.462. The maximum Gasteiger partial charge on any atom is 0.434 e. The molecule has 0 radical (unpaired) electrons. The Morgan fingerprint density at radius 2 is 2.12 bits per heavy atom. The smallest absolute Gasteiger partial charge is 0.341 e. The Morgan fingerprint density at radius 3 is 2.79 bits per heavy atom. The largest absolute Gasteiger partial charge is 0.434 e. The Labute approximate surface area is 142 Å². The summed E-state index contributed by atoms with van der Waals surface area (Å²) >= 11 is 2.25. The molecule has 3 heterocycles. The third kappa shape index (κ3) is 3.24. The highest BCUT2D eigenvalue weighted by Gasteiger charge is 2.34. The minimum atomic E-state index is -4.49.